The minimum atomic E-state index is -0.248. The van der Waals surface area contributed by atoms with Crippen molar-refractivity contribution in [1.82, 2.24) is 4.90 Å². The molecule has 0 aromatic heterocycles. The third kappa shape index (κ3) is 3.62. The van der Waals surface area contributed by atoms with E-state index < -0.39 is 0 Å². The first-order valence-electron chi connectivity index (χ1n) is 8.95. The van der Waals surface area contributed by atoms with Crippen LogP contribution in [0.3, 0.4) is 0 Å². The van der Waals surface area contributed by atoms with Crippen LogP contribution in [0.5, 0.6) is 0 Å². The van der Waals surface area contributed by atoms with Crippen LogP contribution < -0.4 is 0 Å². The molecule has 0 N–H and O–H groups in total. The summed E-state index contributed by atoms with van der Waals surface area (Å²) in [6.45, 7) is 3.11. The van der Waals surface area contributed by atoms with Gasteiger partial charge in [0.25, 0.3) is 0 Å². The van der Waals surface area contributed by atoms with Gasteiger partial charge in [-0.2, -0.15) is 0 Å². The van der Waals surface area contributed by atoms with E-state index in [2.05, 4.69) is 6.92 Å². The van der Waals surface area contributed by atoms with Crippen molar-refractivity contribution in [3.05, 3.63) is 69.7 Å². The zero-order valence-electron chi connectivity index (χ0n) is 14.6. The molecule has 0 spiro atoms. The average molecular weight is 390 g/mol. The third-order valence-corrected chi connectivity index (χ3v) is 5.91. The molecule has 0 radical (unpaired) electrons. The van der Waals surface area contributed by atoms with Gasteiger partial charge in [0.1, 0.15) is 12.7 Å². The highest BCUT2D eigenvalue weighted by atomic mass is 35.5. The Morgan fingerprint density at radius 3 is 2.46 bits per heavy atom. The van der Waals surface area contributed by atoms with E-state index in [0.717, 1.165) is 17.7 Å². The minimum absolute atomic E-state index is 0.0438. The molecule has 136 valence electrons. The molecule has 1 aliphatic heterocycles. The molecule has 4 atom stereocenters. The number of carbonyl (C=O) groups excluding carboxylic acids is 1. The van der Waals surface area contributed by atoms with Crippen LogP contribution in [0, 0.1) is 11.8 Å². The van der Waals surface area contributed by atoms with E-state index >= 15 is 0 Å². The van der Waals surface area contributed by atoms with Gasteiger partial charge in [0, 0.05) is 16.6 Å². The number of benzene rings is 2. The lowest BCUT2D eigenvalue weighted by molar-refractivity contribution is -0.159. The summed E-state index contributed by atoms with van der Waals surface area (Å²) in [5.74, 6) is 1.30. The van der Waals surface area contributed by atoms with E-state index in [1.807, 2.05) is 53.4 Å². The lowest BCUT2D eigenvalue weighted by Gasteiger charge is -2.42. The number of carbonyl (C=O) groups is 1. The van der Waals surface area contributed by atoms with E-state index in [9.17, 15) is 4.79 Å². The van der Waals surface area contributed by atoms with E-state index in [1.54, 1.807) is 0 Å². The summed E-state index contributed by atoms with van der Waals surface area (Å²) < 4.78 is 6.00. The van der Waals surface area contributed by atoms with Gasteiger partial charge in [-0.05, 0) is 53.6 Å². The van der Waals surface area contributed by atoms with E-state index in [-0.39, 0.29) is 24.7 Å². The monoisotopic (exact) mass is 389 g/mol. The first kappa shape index (κ1) is 17.8. The molecule has 26 heavy (non-hydrogen) atoms. The molecule has 5 heteroatoms. The largest absolute Gasteiger partial charge is 0.361 e. The Balaban J connectivity index is 1.73. The Bertz CT molecular complexity index is 808. The third-order valence-electron chi connectivity index (χ3n) is 5.43. The van der Waals surface area contributed by atoms with Gasteiger partial charge < -0.3 is 9.64 Å². The molecular weight excluding hydrogens is 369 g/mol. The van der Waals surface area contributed by atoms with Gasteiger partial charge >= 0.3 is 0 Å². The lowest BCUT2D eigenvalue weighted by Crippen LogP contribution is -2.46. The summed E-state index contributed by atoms with van der Waals surface area (Å²) >= 11 is 12.3. The number of rotatable bonds is 4. The fourth-order valence-electron chi connectivity index (χ4n) is 3.75. The molecule has 1 saturated carbocycles. The van der Waals surface area contributed by atoms with Crippen LogP contribution in [0.1, 0.15) is 36.6 Å². The Morgan fingerprint density at radius 1 is 1.08 bits per heavy atom. The second-order valence-corrected chi connectivity index (χ2v) is 8.18. The Labute approximate surface area is 163 Å². The van der Waals surface area contributed by atoms with E-state index in [0.29, 0.717) is 21.9 Å². The fraction of sp³-hybridized carbons (Fsp3) is 0.381. The maximum Gasteiger partial charge on any atom is 0.249 e. The number of morpholine rings is 1. The van der Waals surface area contributed by atoms with Crippen LogP contribution in [-0.4, -0.2) is 24.0 Å². The van der Waals surface area contributed by atoms with Gasteiger partial charge in [0.05, 0.1) is 6.04 Å². The fourth-order valence-corrected chi connectivity index (χ4v) is 4.08. The molecule has 1 amide bonds. The molecule has 2 aromatic rings. The lowest BCUT2D eigenvalue weighted by atomic mass is 9.92. The van der Waals surface area contributed by atoms with Crippen LogP contribution >= 0.6 is 23.2 Å². The molecular formula is C21H21Cl2NO2. The number of amides is 1. The van der Waals surface area contributed by atoms with Gasteiger partial charge in [-0.1, -0.05) is 54.4 Å². The predicted octanol–water partition coefficient (Wildman–Crippen LogP) is 5.29. The molecule has 2 fully saturated rings. The second-order valence-electron chi connectivity index (χ2n) is 7.30. The summed E-state index contributed by atoms with van der Waals surface area (Å²) in [4.78, 5) is 14.7. The van der Waals surface area contributed by atoms with Crippen LogP contribution in [-0.2, 0) is 9.53 Å². The van der Waals surface area contributed by atoms with Gasteiger partial charge in [-0.3, -0.25) is 4.79 Å². The van der Waals surface area contributed by atoms with Gasteiger partial charge in [0.2, 0.25) is 5.91 Å². The maximum absolute atomic E-state index is 12.7. The van der Waals surface area contributed by atoms with Gasteiger partial charge in [0.15, 0.2) is 0 Å². The van der Waals surface area contributed by atoms with Gasteiger partial charge in [-0.15, -0.1) is 0 Å². The van der Waals surface area contributed by atoms with Crippen molar-refractivity contribution in [3.63, 3.8) is 0 Å². The molecule has 1 saturated heterocycles. The highest BCUT2D eigenvalue weighted by molar-refractivity contribution is 6.30. The van der Waals surface area contributed by atoms with Crippen molar-refractivity contribution in [1.29, 1.82) is 0 Å². The molecule has 2 aromatic carbocycles. The molecule has 0 unspecified atom stereocenters. The van der Waals surface area contributed by atoms with Crippen molar-refractivity contribution in [2.45, 2.75) is 25.5 Å². The van der Waals surface area contributed by atoms with Crippen molar-refractivity contribution in [3.8, 4) is 0 Å². The molecule has 0 bridgehead atoms. The number of hydrogen-bond acceptors (Lipinski definition) is 2. The summed E-state index contributed by atoms with van der Waals surface area (Å²) in [7, 11) is 0. The van der Waals surface area contributed by atoms with Crippen LogP contribution in [0.4, 0.5) is 0 Å². The summed E-state index contributed by atoms with van der Waals surface area (Å²) in [6, 6.07) is 15.2. The SMILES string of the molecule is C[C@H]1C[C@@H]1CN1C(=O)CO[C@@H](c2cccc(Cl)c2)[C@H]1c1ccc(Cl)cc1. The normalized spacial score (nSPS) is 28.3. The predicted molar refractivity (Wildman–Crippen MR) is 103 cm³/mol. The summed E-state index contributed by atoms with van der Waals surface area (Å²) in [5, 5.41) is 1.35. The standard InChI is InChI=1S/C21H21Cl2NO2/c1-13-9-16(13)11-24-19(25)12-26-21(15-3-2-4-18(23)10-15)20(24)14-5-7-17(22)8-6-14/h2-8,10,13,16,20-21H,9,11-12H2,1H3/t13-,16+,20+,21-/m0/s1. The topological polar surface area (TPSA) is 29.5 Å². The number of ether oxygens (including phenoxy) is 1. The first-order valence-corrected chi connectivity index (χ1v) is 9.70. The maximum atomic E-state index is 12.7. The first-order chi connectivity index (χ1) is 12.5. The Hall–Kier alpha value is -1.55. The molecule has 1 aliphatic carbocycles. The number of hydrogen-bond donors (Lipinski definition) is 0. The number of nitrogens with zero attached hydrogens (tertiary/aromatic N) is 1. The quantitative estimate of drug-likeness (QED) is 0.710. The van der Waals surface area contributed by atoms with Crippen molar-refractivity contribution >= 4 is 29.1 Å². The molecule has 1 heterocycles. The summed E-state index contributed by atoms with van der Waals surface area (Å²) in [5.41, 5.74) is 2.01. The highest BCUT2D eigenvalue weighted by Gasteiger charge is 2.43. The minimum Gasteiger partial charge on any atom is -0.361 e. The zero-order valence-corrected chi connectivity index (χ0v) is 16.1. The van der Waals surface area contributed by atoms with Crippen LogP contribution in [0.15, 0.2) is 48.5 Å². The van der Waals surface area contributed by atoms with E-state index in [1.165, 1.54) is 6.42 Å². The smallest absolute Gasteiger partial charge is 0.249 e. The zero-order chi connectivity index (χ0) is 18.3. The Kier molecular flexibility index (Phi) is 4.96. The van der Waals surface area contributed by atoms with Crippen molar-refractivity contribution < 1.29 is 9.53 Å². The molecule has 4 rings (SSSR count). The van der Waals surface area contributed by atoms with Crippen LogP contribution in [0.25, 0.3) is 0 Å². The number of halogens is 2. The Morgan fingerprint density at radius 2 is 1.81 bits per heavy atom. The second kappa shape index (κ2) is 7.22. The van der Waals surface area contributed by atoms with E-state index in [4.69, 9.17) is 27.9 Å². The average Bonchev–Trinajstić information content (AvgIpc) is 3.32. The highest BCUT2D eigenvalue weighted by Crippen LogP contribution is 2.45. The molecule has 3 nitrogen and oxygen atoms in total. The van der Waals surface area contributed by atoms with Crippen molar-refractivity contribution in [2.24, 2.45) is 11.8 Å². The van der Waals surface area contributed by atoms with Crippen molar-refractivity contribution in [2.75, 3.05) is 13.2 Å². The molecule has 2 aliphatic rings. The summed E-state index contributed by atoms with van der Waals surface area (Å²) in [6.07, 6.45) is 0.932. The van der Waals surface area contributed by atoms with Crippen LogP contribution in [0.2, 0.25) is 10.0 Å². The van der Waals surface area contributed by atoms with Gasteiger partial charge in [-0.25, -0.2) is 0 Å².